The van der Waals surface area contributed by atoms with Crippen LogP contribution in [0, 0.1) is 0 Å². The first-order valence-corrected chi connectivity index (χ1v) is 10.7. The lowest BCUT2D eigenvalue weighted by Crippen LogP contribution is -2.29. The summed E-state index contributed by atoms with van der Waals surface area (Å²) in [5.41, 5.74) is 1.52. The summed E-state index contributed by atoms with van der Waals surface area (Å²) in [5, 5.41) is 9.69. The molecule has 1 heterocycles. The first-order chi connectivity index (χ1) is 14.9. The third-order valence-electron chi connectivity index (χ3n) is 4.45. The van der Waals surface area contributed by atoms with Crippen molar-refractivity contribution in [2.24, 2.45) is 4.99 Å². The molecule has 1 fully saturated rings. The van der Waals surface area contributed by atoms with Gasteiger partial charge in [0, 0.05) is 6.54 Å². The minimum absolute atomic E-state index is 0.0969. The fourth-order valence-corrected chi connectivity index (χ4v) is 3.91. The maximum atomic E-state index is 13.0. The Morgan fingerprint density at radius 3 is 2.61 bits per heavy atom. The van der Waals surface area contributed by atoms with E-state index in [9.17, 15) is 9.59 Å². The van der Waals surface area contributed by atoms with Gasteiger partial charge in [-0.2, -0.15) is 0 Å². The topological polar surface area (TPSA) is 88.4 Å². The van der Waals surface area contributed by atoms with Crippen LogP contribution in [0.1, 0.15) is 25.8 Å². The van der Waals surface area contributed by atoms with Gasteiger partial charge in [0.1, 0.15) is 0 Å². The van der Waals surface area contributed by atoms with E-state index in [1.165, 1.54) is 25.8 Å². The maximum absolute atomic E-state index is 13.0. The van der Waals surface area contributed by atoms with E-state index in [0.717, 1.165) is 17.7 Å². The number of aliphatic carboxylic acids is 1. The van der Waals surface area contributed by atoms with Crippen molar-refractivity contribution in [3.05, 3.63) is 59.0 Å². The van der Waals surface area contributed by atoms with Gasteiger partial charge in [-0.1, -0.05) is 31.2 Å². The van der Waals surface area contributed by atoms with Gasteiger partial charge in [0.15, 0.2) is 22.8 Å². The molecule has 1 aliphatic heterocycles. The number of carboxylic acids is 1. The van der Waals surface area contributed by atoms with Crippen molar-refractivity contribution in [1.29, 1.82) is 0 Å². The second kappa shape index (κ2) is 10.2. The Labute approximate surface area is 185 Å². The Morgan fingerprint density at radius 1 is 1.23 bits per heavy atom. The number of thioether (sulfide) groups is 1. The Hall–Kier alpha value is -3.26. The number of amides is 1. The molecule has 2 aromatic carbocycles. The van der Waals surface area contributed by atoms with Gasteiger partial charge >= 0.3 is 5.97 Å². The summed E-state index contributed by atoms with van der Waals surface area (Å²) in [7, 11) is 1.48. The van der Waals surface area contributed by atoms with Crippen molar-refractivity contribution < 1.29 is 24.2 Å². The van der Waals surface area contributed by atoms with E-state index in [1.807, 2.05) is 37.3 Å². The Kier molecular flexibility index (Phi) is 7.36. The lowest BCUT2D eigenvalue weighted by atomic mass is 10.1. The van der Waals surface area contributed by atoms with Crippen LogP contribution in [-0.4, -0.2) is 46.8 Å². The average molecular weight is 441 g/mol. The van der Waals surface area contributed by atoms with Crippen LogP contribution in [0.25, 0.3) is 6.08 Å². The molecule has 7 nitrogen and oxygen atoms in total. The van der Waals surface area contributed by atoms with Crippen molar-refractivity contribution >= 4 is 40.6 Å². The van der Waals surface area contributed by atoms with Crippen LogP contribution < -0.4 is 9.47 Å². The zero-order valence-corrected chi connectivity index (χ0v) is 18.4. The zero-order chi connectivity index (χ0) is 22.4. The van der Waals surface area contributed by atoms with Crippen molar-refractivity contribution in [3.8, 4) is 11.5 Å². The number of methoxy groups -OCH3 is 1. The summed E-state index contributed by atoms with van der Waals surface area (Å²) in [5.74, 6) is -0.451. The first-order valence-electron chi connectivity index (χ1n) is 9.85. The molecule has 1 aliphatic rings. The molecule has 0 bridgehead atoms. The fourth-order valence-electron chi connectivity index (χ4n) is 2.89. The summed E-state index contributed by atoms with van der Waals surface area (Å²) >= 11 is 1.33. The Morgan fingerprint density at radius 2 is 1.97 bits per heavy atom. The van der Waals surface area contributed by atoms with E-state index in [-0.39, 0.29) is 5.91 Å². The smallest absolute Gasteiger partial charge is 0.344 e. The Bertz CT molecular complexity index is 1020. The summed E-state index contributed by atoms with van der Waals surface area (Å²) in [6.45, 7) is 4.04. The van der Waals surface area contributed by atoms with E-state index >= 15 is 0 Å². The molecule has 0 aromatic heterocycles. The molecule has 0 aliphatic carbocycles. The predicted molar refractivity (Wildman–Crippen MR) is 122 cm³/mol. The SMILES string of the molecule is CCCN1C(=O)/C(=C/c2ccc(O[C@@H](C)C(=O)O)c(OC)c2)SC1=Nc1ccccc1. The summed E-state index contributed by atoms with van der Waals surface area (Å²) in [6.07, 6.45) is 1.58. The van der Waals surface area contributed by atoms with Gasteiger partial charge < -0.3 is 14.6 Å². The first kappa shape index (κ1) is 22.4. The van der Waals surface area contributed by atoms with Gasteiger partial charge in [0.2, 0.25) is 0 Å². The number of aliphatic imine (C=N–C) groups is 1. The highest BCUT2D eigenvalue weighted by molar-refractivity contribution is 8.18. The maximum Gasteiger partial charge on any atom is 0.344 e. The molecular weight excluding hydrogens is 416 g/mol. The Balaban J connectivity index is 1.89. The molecular formula is C23H24N2O5S. The van der Waals surface area contributed by atoms with Crippen LogP contribution in [0.5, 0.6) is 11.5 Å². The molecule has 0 unspecified atom stereocenters. The second-order valence-electron chi connectivity index (χ2n) is 6.81. The molecule has 31 heavy (non-hydrogen) atoms. The number of benzene rings is 2. The molecule has 1 saturated heterocycles. The lowest BCUT2D eigenvalue weighted by Gasteiger charge is -2.14. The van der Waals surface area contributed by atoms with Crippen LogP contribution in [0.15, 0.2) is 58.4 Å². The number of carboxylic acid groups (broad SMARTS) is 1. The average Bonchev–Trinajstić information content (AvgIpc) is 3.04. The number of hydrogen-bond donors (Lipinski definition) is 1. The molecule has 1 amide bonds. The molecule has 8 heteroatoms. The number of amidine groups is 1. The molecule has 1 atom stereocenters. The summed E-state index contributed by atoms with van der Waals surface area (Å²) in [6, 6.07) is 14.6. The predicted octanol–water partition coefficient (Wildman–Crippen LogP) is 4.56. The molecule has 3 rings (SSSR count). The van der Waals surface area contributed by atoms with Gasteiger partial charge in [-0.3, -0.25) is 9.69 Å². The molecule has 0 spiro atoms. The zero-order valence-electron chi connectivity index (χ0n) is 17.6. The van der Waals surface area contributed by atoms with Gasteiger partial charge in [-0.05, 0) is 61.0 Å². The largest absolute Gasteiger partial charge is 0.493 e. The number of hydrogen-bond acceptors (Lipinski definition) is 6. The van der Waals surface area contributed by atoms with Crippen LogP contribution in [-0.2, 0) is 9.59 Å². The molecule has 0 saturated carbocycles. The van der Waals surface area contributed by atoms with Crippen molar-refractivity contribution in [1.82, 2.24) is 4.90 Å². The second-order valence-corrected chi connectivity index (χ2v) is 7.82. The summed E-state index contributed by atoms with van der Waals surface area (Å²) in [4.78, 5) is 30.9. The highest BCUT2D eigenvalue weighted by Crippen LogP contribution is 2.36. The van der Waals surface area contributed by atoms with Crippen molar-refractivity contribution in [2.45, 2.75) is 26.4 Å². The minimum atomic E-state index is -1.07. The van der Waals surface area contributed by atoms with E-state index in [1.54, 1.807) is 29.2 Å². The monoisotopic (exact) mass is 440 g/mol. The van der Waals surface area contributed by atoms with Gasteiger partial charge in [-0.15, -0.1) is 0 Å². The fraction of sp³-hybridized carbons (Fsp3) is 0.261. The minimum Gasteiger partial charge on any atom is -0.493 e. The number of rotatable bonds is 8. The third kappa shape index (κ3) is 5.46. The van der Waals surface area contributed by atoms with Crippen LogP contribution >= 0.6 is 11.8 Å². The van der Waals surface area contributed by atoms with Crippen LogP contribution in [0.2, 0.25) is 0 Å². The molecule has 1 N–H and O–H groups in total. The highest BCUT2D eigenvalue weighted by atomic mass is 32.2. The van der Waals surface area contributed by atoms with Gasteiger partial charge in [-0.25, -0.2) is 9.79 Å². The molecule has 162 valence electrons. The molecule has 0 radical (unpaired) electrons. The van der Waals surface area contributed by atoms with Crippen LogP contribution in [0.4, 0.5) is 5.69 Å². The van der Waals surface area contributed by atoms with Gasteiger partial charge in [0.05, 0.1) is 17.7 Å². The standard InChI is InChI=1S/C23H24N2O5S/c1-4-12-25-21(26)20(31-23(25)24-17-8-6-5-7-9-17)14-16-10-11-18(19(13-16)29-3)30-15(2)22(27)28/h5-11,13-15H,4,12H2,1-3H3,(H,27,28)/b20-14-,24-23?/t15-/m0/s1. The van der Waals surface area contributed by atoms with Crippen LogP contribution in [0.3, 0.4) is 0 Å². The van der Waals surface area contributed by atoms with E-state index in [2.05, 4.69) is 4.99 Å². The highest BCUT2D eigenvalue weighted by Gasteiger charge is 2.32. The number of ether oxygens (including phenoxy) is 2. The number of carbonyl (C=O) groups excluding carboxylic acids is 1. The lowest BCUT2D eigenvalue weighted by molar-refractivity contribution is -0.144. The van der Waals surface area contributed by atoms with E-state index in [4.69, 9.17) is 14.6 Å². The van der Waals surface area contributed by atoms with Crippen molar-refractivity contribution in [3.63, 3.8) is 0 Å². The van der Waals surface area contributed by atoms with Crippen molar-refractivity contribution in [2.75, 3.05) is 13.7 Å². The third-order valence-corrected chi connectivity index (χ3v) is 5.46. The van der Waals surface area contributed by atoms with Gasteiger partial charge in [0.25, 0.3) is 5.91 Å². The quantitative estimate of drug-likeness (QED) is 0.606. The van der Waals surface area contributed by atoms with E-state index < -0.39 is 12.1 Å². The number of nitrogens with zero attached hydrogens (tertiary/aromatic N) is 2. The number of para-hydroxylation sites is 1. The normalized spacial score (nSPS) is 17.3. The summed E-state index contributed by atoms with van der Waals surface area (Å²) < 4.78 is 10.8. The van der Waals surface area contributed by atoms with E-state index in [0.29, 0.717) is 28.1 Å². The number of carbonyl (C=O) groups is 2. The molecule has 2 aromatic rings.